The average Bonchev–Trinajstić information content (AvgIpc) is 3.02. The lowest BCUT2D eigenvalue weighted by Crippen LogP contribution is -2.12. The molecule has 0 bridgehead atoms. The number of fused-ring (bicyclic) bond motifs is 1. The van der Waals surface area contributed by atoms with E-state index in [2.05, 4.69) is 4.98 Å². The first kappa shape index (κ1) is 20.4. The first-order valence-corrected chi connectivity index (χ1v) is 9.64. The molecule has 0 radical (unpaired) electrons. The number of aromatic nitrogens is 1. The Bertz CT molecular complexity index is 1110. The van der Waals surface area contributed by atoms with Crippen molar-refractivity contribution in [3.63, 3.8) is 0 Å². The molecule has 1 saturated carbocycles. The van der Waals surface area contributed by atoms with Gasteiger partial charge in [0.2, 0.25) is 0 Å². The summed E-state index contributed by atoms with van der Waals surface area (Å²) in [6.07, 6.45) is 0.478. The van der Waals surface area contributed by atoms with Crippen LogP contribution in [0.5, 0.6) is 17.2 Å². The van der Waals surface area contributed by atoms with Crippen LogP contribution in [0.4, 0.5) is 13.2 Å². The van der Waals surface area contributed by atoms with Crippen LogP contribution in [0.1, 0.15) is 36.3 Å². The standard InChI is InChI=1S/C21H17ClF3NO4/c22-17-8-13(29-10-19(27)28)7-16(21(23,24)25)20(17)30-12-4-5-18-14(6-12)15(9-26-18)11-2-1-3-11/h4-9,11,26H,1-3,10H2,(H,27,28). The van der Waals surface area contributed by atoms with E-state index in [9.17, 15) is 18.0 Å². The maximum Gasteiger partial charge on any atom is 0.420 e. The number of carbonyl (C=O) groups is 1. The Morgan fingerprint density at radius 1 is 1.20 bits per heavy atom. The van der Waals surface area contributed by atoms with Gasteiger partial charge < -0.3 is 19.6 Å². The number of hydrogen-bond donors (Lipinski definition) is 2. The maximum atomic E-state index is 13.6. The van der Waals surface area contributed by atoms with Gasteiger partial charge in [-0.2, -0.15) is 13.2 Å². The molecular weight excluding hydrogens is 423 g/mol. The zero-order valence-corrected chi connectivity index (χ0v) is 16.3. The minimum absolute atomic E-state index is 0.217. The number of hydrogen-bond acceptors (Lipinski definition) is 3. The van der Waals surface area contributed by atoms with Gasteiger partial charge in [-0.15, -0.1) is 0 Å². The lowest BCUT2D eigenvalue weighted by atomic mass is 9.80. The van der Waals surface area contributed by atoms with Crippen LogP contribution in [-0.2, 0) is 11.0 Å². The number of benzene rings is 2. The molecule has 2 aromatic carbocycles. The molecule has 0 spiro atoms. The fraction of sp³-hybridized carbons (Fsp3) is 0.286. The van der Waals surface area contributed by atoms with Crippen LogP contribution in [0.25, 0.3) is 10.9 Å². The van der Waals surface area contributed by atoms with E-state index in [1.165, 1.54) is 0 Å². The number of rotatable bonds is 6. The van der Waals surface area contributed by atoms with Crippen LogP contribution in [0.2, 0.25) is 5.02 Å². The van der Waals surface area contributed by atoms with E-state index in [0.29, 0.717) is 12.0 Å². The predicted molar refractivity (Wildman–Crippen MR) is 105 cm³/mol. The summed E-state index contributed by atoms with van der Waals surface area (Å²) in [5.41, 5.74) is 0.855. The quantitative estimate of drug-likeness (QED) is 0.468. The molecule has 2 N–H and O–H groups in total. The number of aliphatic carboxylic acids is 1. The molecule has 1 aliphatic carbocycles. The van der Waals surface area contributed by atoms with E-state index >= 15 is 0 Å². The molecule has 158 valence electrons. The minimum atomic E-state index is -4.78. The van der Waals surface area contributed by atoms with Gasteiger partial charge in [-0.3, -0.25) is 0 Å². The van der Waals surface area contributed by atoms with Gasteiger partial charge in [-0.1, -0.05) is 18.0 Å². The van der Waals surface area contributed by atoms with Crippen LogP contribution < -0.4 is 9.47 Å². The zero-order valence-electron chi connectivity index (χ0n) is 15.6. The van der Waals surface area contributed by atoms with Gasteiger partial charge in [0, 0.05) is 23.2 Å². The van der Waals surface area contributed by atoms with Crippen molar-refractivity contribution in [2.75, 3.05) is 6.61 Å². The molecule has 9 heteroatoms. The molecule has 0 atom stereocenters. The minimum Gasteiger partial charge on any atom is -0.482 e. The van der Waals surface area contributed by atoms with Crippen molar-refractivity contribution in [3.05, 3.63) is 52.7 Å². The Hall–Kier alpha value is -2.87. The third-order valence-corrected chi connectivity index (χ3v) is 5.42. The van der Waals surface area contributed by atoms with Gasteiger partial charge >= 0.3 is 12.1 Å². The van der Waals surface area contributed by atoms with E-state index in [0.717, 1.165) is 41.8 Å². The summed E-state index contributed by atoms with van der Waals surface area (Å²) in [5, 5.41) is 9.24. The Labute approximate surface area is 174 Å². The van der Waals surface area contributed by atoms with Crippen LogP contribution in [0, 0.1) is 0 Å². The van der Waals surface area contributed by atoms with E-state index in [-0.39, 0.29) is 16.5 Å². The van der Waals surface area contributed by atoms with E-state index in [1.54, 1.807) is 18.2 Å². The second-order valence-electron chi connectivity index (χ2n) is 7.14. The van der Waals surface area contributed by atoms with Crippen molar-refractivity contribution < 1.29 is 32.5 Å². The monoisotopic (exact) mass is 439 g/mol. The summed E-state index contributed by atoms with van der Waals surface area (Å²) < 4.78 is 51.3. The number of carboxylic acids is 1. The van der Waals surface area contributed by atoms with Crippen LogP contribution in [0.15, 0.2) is 36.5 Å². The molecule has 0 saturated heterocycles. The number of ether oxygens (including phenoxy) is 2. The van der Waals surface area contributed by atoms with Gasteiger partial charge in [0.05, 0.1) is 5.02 Å². The van der Waals surface area contributed by atoms with E-state index < -0.39 is 30.1 Å². The zero-order chi connectivity index (χ0) is 21.5. The fourth-order valence-corrected chi connectivity index (χ4v) is 3.72. The van der Waals surface area contributed by atoms with Crippen molar-refractivity contribution in [1.82, 2.24) is 4.98 Å². The summed E-state index contributed by atoms with van der Waals surface area (Å²) in [4.78, 5) is 13.8. The third-order valence-electron chi connectivity index (χ3n) is 5.13. The molecule has 5 nitrogen and oxygen atoms in total. The third kappa shape index (κ3) is 4.05. The van der Waals surface area contributed by atoms with Crippen LogP contribution >= 0.6 is 11.6 Å². The molecule has 0 aliphatic heterocycles. The lowest BCUT2D eigenvalue weighted by Gasteiger charge is -2.25. The number of halogens is 4. The van der Waals surface area contributed by atoms with Gasteiger partial charge in [0.15, 0.2) is 12.4 Å². The molecule has 1 heterocycles. The first-order valence-electron chi connectivity index (χ1n) is 9.26. The molecule has 1 aromatic heterocycles. The highest BCUT2D eigenvalue weighted by Crippen LogP contribution is 2.46. The summed E-state index contributed by atoms with van der Waals surface area (Å²) in [6, 6.07) is 6.79. The van der Waals surface area contributed by atoms with E-state index in [4.69, 9.17) is 26.2 Å². The number of nitrogens with one attached hydrogen (secondary N) is 1. The predicted octanol–water partition coefficient (Wildman–Crippen LogP) is 6.36. The number of carboxylic acid groups (broad SMARTS) is 1. The topological polar surface area (TPSA) is 71.6 Å². The van der Waals surface area contributed by atoms with Crippen LogP contribution in [-0.4, -0.2) is 22.7 Å². The molecule has 30 heavy (non-hydrogen) atoms. The summed E-state index contributed by atoms with van der Waals surface area (Å²) >= 11 is 6.06. The Morgan fingerprint density at radius 3 is 2.60 bits per heavy atom. The highest BCUT2D eigenvalue weighted by Gasteiger charge is 2.37. The largest absolute Gasteiger partial charge is 0.482 e. The summed E-state index contributed by atoms with van der Waals surface area (Å²) in [6.45, 7) is -0.790. The lowest BCUT2D eigenvalue weighted by molar-refractivity contribution is -0.139. The van der Waals surface area contributed by atoms with Crippen molar-refractivity contribution in [3.8, 4) is 17.2 Å². The Morgan fingerprint density at radius 2 is 1.97 bits per heavy atom. The summed E-state index contributed by atoms with van der Waals surface area (Å²) in [7, 11) is 0. The number of alkyl halides is 3. The molecule has 0 unspecified atom stereocenters. The van der Waals surface area contributed by atoms with Crippen molar-refractivity contribution >= 4 is 28.5 Å². The molecular formula is C21H17ClF3NO4. The highest BCUT2D eigenvalue weighted by molar-refractivity contribution is 6.32. The van der Waals surface area contributed by atoms with Crippen LogP contribution in [0.3, 0.4) is 0 Å². The van der Waals surface area contributed by atoms with E-state index in [1.807, 2.05) is 6.20 Å². The van der Waals surface area contributed by atoms with Gasteiger partial charge in [0.25, 0.3) is 0 Å². The molecule has 0 amide bonds. The highest BCUT2D eigenvalue weighted by atomic mass is 35.5. The average molecular weight is 440 g/mol. The Balaban J connectivity index is 1.70. The van der Waals surface area contributed by atoms with Crippen molar-refractivity contribution in [2.45, 2.75) is 31.4 Å². The van der Waals surface area contributed by atoms with Gasteiger partial charge in [-0.25, -0.2) is 4.79 Å². The second-order valence-corrected chi connectivity index (χ2v) is 7.55. The molecule has 4 rings (SSSR count). The second kappa shape index (κ2) is 7.75. The van der Waals surface area contributed by atoms with Gasteiger partial charge in [0.1, 0.15) is 17.1 Å². The smallest absolute Gasteiger partial charge is 0.420 e. The van der Waals surface area contributed by atoms with Gasteiger partial charge in [-0.05, 0) is 48.6 Å². The number of aromatic amines is 1. The van der Waals surface area contributed by atoms with Crippen molar-refractivity contribution in [2.24, 2.45) is 0 Å². The SMILES string of the molecule is O=C(O)COc1cc(Cl)c(Oc2ccc3[nH]cc(C4CCC4)c3c2)c(C(F)(F)F)c1. The molecule has 1 aliphatic rings. The molecule has 3 aromatic rings. The molecule has 1 fully saturated rings. The first-order chi connectivity index (χ1) is 14.2. The number of H-pyrrole nitrogens is 1. The maximum absolute atomic E-state index is 13.6. The van der Waals surface area contributed by atoms with Crippen molar-refractivity contribution in [1.29, 1.82) is 0 Å². The normalized spacial score (nSPS) is 14.5. The summed E-state index contributed by atoms with van der Waals surface area (Å²) in [5.74, 6) is -1.53. The fourth-order valence-electron chi connectivity index (χ4n) is 3.47. The Kier molecular flexibility index (Phi) is 5.27.